The zero-order valence-corrected chi connectivity index (χ0v) is 32.0. The van der Waals surface area contributed by atoms with E-state index in [0.29, 0.717) is 5.92 Å². The second-order valence-electron chi connectivity index (χ2n) is 15.3. The van der Waals surface area contributed by atoms with E-state index in [2.05, 4.69) is 234 Å². The largest absolute Gasteiger partial charge is 0.310 e. The van der Waals surface area contributed by atoms with Gasteiger partial charge in [0.15, 0.2) is 0 Å². The molecule has 9 aromatic carbocycles. The summed E-state index contributed by atoms with van der Waals surface area (Å²) < 4.78 is 2.42. The molecule has 0 bridgehead atoms. The fourth-order valence-corrected chi connectivity index (χ4v) is 9.11. The molecule has 274 valence electrons. The van der Waals surface area contributed by atoms with Crippen molar-refractivity contribution in [3.8, 4) is 27.9 Å². The molecule has 0 radical (unpaired) electrons. The topological polar surface area (TPSA) is 8.17 Å². The molecule has 11 rings (SSSR count). The smallest absolute Gasteiger partial charge is 0.0619 e. The van der Waals surface area contributed by atoms with Gasteiger partial charge in [-0.3, -0.25) is 0 Å². The summed E-state index contributed by atoms with van der Waals surface area (Å²) in [5, 5.41) is 7.50. The van der Waals surface area contributed by atoms with Gasteiger partial charge in [0.25, 0.3) is 0 Å². The maximum atomic E-state index is 2.42. The van der Waals surface area contributed by atoms with Crippen LogP contribution in [0.1, 0.15) is 17.9 Å². The van der Waals surface area contributed by atoms with E-state index in [1.54, 1.807) is 0 Å². The third-order valence-corrected chi connectivity index (χ3v) is 11.9. The number of para-hydroxylation sites is 2. The Bertz CT molecular complexity index is 3170. The van der Waals surface area contributed by atoms with Crippen molar-refractivity contribution in [3.63, 3.8) is 0 Å². The normalized spacial score (nSPS) is 14.0. The van der Waals surface area contributed by atoms with Crippen LogP contribution in [0.5, 0.6) is 0 Å². The number of hydrogen-bond acceptors (Lipinski definition) is 1. The highest BCUT2D eigenvalue weighted by Crippen LogP contribution is 2.43. The number of nitrogens with zero attached hydrogens (tertiary/aromatic N) is 2. The van der Waals surface area contributed by atoms with Gasteiger partial charge in [-0.15, -0.1) is 0 Å². The van der Waals surface area contributed by atoms with Crippen molar-refractivity contribution in [1.29, 1.82) is 0 Å². The highest BCUT2D eigenvalue weighted by molar-refractivity contribution is 6.22. The van der Waals surface area contributed by atoms with Gasteiger partial charge in [-0.25, -0.2) is 0 Å². The Morgan fingerprint density at radius 3 is 1.81 bits per heavy atom. The lowest BCUT2D eigenvalue weighted by atomic mass is 9.91. The molecular formula is C56H40N2. The molecular weight excluding hydrogens is 701 g/mol. The maximum Gasteiger partial charge on any atom is 0.0619 e. The minimum absolute atomic E-state index is 0.374. The monoisotopic (exact) mass is 740 g/mol. The van der Waals surface area contributed by atoms with Gasteiger partial charge in [0, 0.05) is 44.5 Å². The number of benzene rings is 9. The first kappa shape index (κ1) is 33.9. The van der Waals surface area contributed by atoms with Crippen molar-refractivity contribution in [3.05, 3.63) is 236 Å². The number of hydrogen-bond donors (Lipinski definition) is 0. The summed E-state index contributed by atoms with van der Waals surface area (Å²) in [5.41, 5.74) is 13.3. The summed E-state index contributed by atoms with van der Waals surface area (Å²) in [6.45, 7) is 0. The molecule has 0 spiro atoms. The highest BCUT2D eigenvalue weighted by atomic mass is 15.1. The SMILES string of the molecule is C1=CC(c2ccccc2)CC=C1N(c1ccc(-c2ccc(-c3cc4c5ccccc5n(-c5ccccc5)c4c4ccccc34)cc2)cc1)c1cccc2ccccc12. The predicted molar refractivity (Wildman–Crippen MR) is 246 cm³/mol. The lowest BCUT2D eigenvalue weighted by Crippen LogP contribution is -2.17. The van der Waals surface area contributed by atoms with E-state index in [0.717, 1.165) is 12.1 Å². The quantitative estimate of drug-likeness (QED) is 0.158. The first-order valence-corrected chi connectivity index (χ1v) is 20.2. The average molecular weight is 741 g/mol. The van der Waals surface area contributed by atoms with Crippen LogP contribution in [0.4, 0.5) is 11.4 Å². The molecule has 2 nitrogen and oxygen atoms in total. The van der Waals surface area contributed by atoms with Crippen molar-refractivity contribution in [1.82, 2.24) is 4.57 Å². The van der Waals surface area contributed by atoms with Crippen molar-refractivity contribution in [2.45, 2.75) is 12.3 Å². The Labute approximate surface area is 338 Å². The van der Waals surface area contributed by atoms with Crippen molar-refractivity contribution >= 4 is 54.7 Å². The fraction of sp³-hybridized carbons (Fsp3) is 0.0357. The molecule has 0 N–H and O–H groups in total. The van der Waals surface area contributed by atoms with Gasteiger partial charge in [0.2, 0.25) is 0 Å². The van der Waals surface area contributed by atoms with E-state index in [1.807, 2.05) is 0 Å². The molecule has 0 aliphatic heterocycles. The van der Waals surface area contributed by atoms with Crippen LogP contribution in [0.25, 0.3) is 71.3 Å². The van der Waals surface area contributed by atoms with Crippen LogP contribution in [0.3, 0.4) is 0 Å². The molecule has 1 unspecified atom stereocenters. The van der Waals surface area contributed by atoms with Gasteiger partial charge in [0.1, 0.15) is 0 Å². The van der Waals surface area contributed by atoms with Gasteiger partial charge in [-0.2, -0.15) is 0 Å². The van der Waals surface area contributed by atoms with Crippen LogP contribution in [-0.4, -0.2) is 4.57 Å². The van der Waals surface area contributed by atoms with E-state index in [-0.39, 0.29) is 0 Å². The summed E-state index contributed by atoms with van der Waals surface area (Å²) in [5.74, 6) is 0.374. The zero-order chi connectivity index (χ0) is 38.4. The molecule has 1 heterocycles. The molecule has 1 aliphatic carbocycles. The van der Waals surface area contributed by atoms with Crippen LogP contribution in [0.15, 0.2) is 230 Å². The average Bonchev–Trinajstić information content (AvgIpc) is 3.65. The van der Waals surface area contributed by atoms with E-state index in [4.69, 9.17) is 0 Å². The molecule has 1 aliphatic rings. The first-order chi connectivity index (χ1) is 28.8. The Balaban J connectivity index is 0.961. The molecule has 1 aromatic heterocycles. The summed E-state index contributed by atoms with van der Waals surface area (Å²) >= 11 is 0. The lowest BCUT2D eigenvalue weighted by molar-refractivity contribution is 0.840. The third kappa shape index (κ3) is 5.81. The lowest BCUT2D eigenvalue weighted by Gasteiger charge is -2.30. The van der Waals surface area contributed by atoms with E-state index < -0.39 is 0 Å². The number of rotatable bonds is 7. The van der Waals surface area contributed by atoms with E-state index in [9.17, 15) is 0 Å². The third-order valence-electron chi connectivity index (χ3n) is 11.9. The standard InChI is InChI=1S/C56H40N2/c1-3-14-39(15-4-1)41-30-34-46(35-31-41)57(54-25-13-17-43-16-7-8-20-48(43)54)47-36-32-42(33-37-47)40-26-28-44(29-27-40)52-38-53-50-22-11-12-24-55(50)58(45-18-5-2-6-19-45)56(53)51-23-10-9-21-49(51)52/h1-30,32-38,41H,31H2. The minimum Gasteiger partial charge on any atom is -0.310 e. The fourth-order valence-electron chi connectivity index (χ4n) is 9.11. The molecule has 0 fully saturated rings. The predicted octanol–water partition coefficient (Wildman–Crippen LogP) is 15.2. The molecule has 0 amide bonds. The second-order valence-corrected chi connectivity index (χ2v) is 15.3. The number of aromatic nitrogens is 1. The molecule has 58 heavy (non-hydrogen) atoms. The second kappa shape index (κ2) is 14.3. The van der Waals surface area contributed by atoms with E-state index in [1.165, 1.54) is 88.2 Å². The molecule has 0 saturated heterocycles. The van der Waals surface area contributed by atoms with Crippen LogP contribution in [0.2, 0.25) is 0 Å². The Kier molecular flexibility index (Phi) is 8.33. The summed E-state index contributed by atoms with van der Waals surface area (Å²) in [6.07, 6.45) is 8.02. The highest BCUT2D eigenvalue weighted by Gasteiger charge is 2.21. The Morgan fingerprint density at radius 2 is 1.07 bits per heavy atom. The summed E-state index contributed by atoms with van der Waals surface area (Å²) in [4.78, 5) is 2.42. The van der Waals surface area contributed by atoms with Gasteiger partial charge in [-0.05, 0) is 93.6 Å². The van der Waals surface area contributed by atoms with Gasteiger partial charge < -0.3 is 9.47 Å². The Hall–Kier alpha value is -7.42. The number of fused-ring (bicyclic) bond motifs is 6. The van der Waals surface area contributed by atoms with Gasteiger partial charge >= 0.3 is 0 Å². The van der Waals surface area contributed by atoms with Crippen LogP contribution >= 0.6 is 0 Å². The van der Waals surface area contributed by atoms with Crippen molar-refractivity contribution < 1.29 is 0 Å². The zero-order valence-electron chi connectivity index (χ0n) is 32.0. The van der Waals surface area contributed by atoms with Gasteiger partial charge in [0.05, 0.1) is 16.7 Å². The molecule has 1 atom stereocenters. The van der Waals surface area contributed by atoms with Crippen LogP contribution < -0.4 is 4.90 Å². The summed E-state index contributed by atoms with van der Waals surface area (Å²) in [6, 6.07) is 75.1. The van der Waals surface area contributed by atoms with Crippen LogP contribution in [-0.2, 0) is 0 Å². The maximum absolute atomic E-state index is 2.42. The number of allylic oxidation sites excluding steroid dienone is 3. The number of anilines is 2. The minimum atomic E-state index is 0.374. The van der Waals surface area contributed by atoms with Gasteiger partial charge in [-0.1, -0.05) is 176 Å². The molecule has 0 saturated carbocycles. The summed E-state index contributed by atoms with van der Waals surface area (Å²) in [7, 11) is 0. The first-order valence-electron chi connectivity index (χ1n) is 20.2. The molecule has 2 heteroatoms. The van der Waals surface area contributed by atoms with E-state index >= 15 is 0 Å². The van der Waals surface area contributed by atoms with Crippen molar-refractivity contribution in [2.75, 3.05) is 4.90 Å². The molecule has 10 aromatic rings. The van der Waals surface area contributed by atoms with Crippen molar-refractivity contribution in [2.24, 2.45) is 0 Å². The Morgan fingerprint density at radius 1 is 0.466 bits per heavy atom. The van der Waals surface area contributed by atoms with Crippen LogP contribution in [0, 0.1) is 0 Å².